The van der Waals surface area contributed by atoms with Gasteiger partial charge in [-0.15, -0.1) is 0 Å². The van der Waals surface area contributed by atoms with Crippen LogP contribution >= 0.6 is 0 Å². The third kappa shape index (κ3) is 12.1. The highest BCUT2D eigenvalue weighted by Gasteiger charge is 2.30. The van der Waals surface area contributed by atoms with E-state index in [0.29, 0.717) is 67.5 Å². The summed E-state index contributed by atoms with van der Waals surface area (Å²) >= 11 is 0. The molecule has 124 heavy (non-hydrogen) atoms. The molecule has 0 N–H and O–H groups in total. The van der Waals surface area contributed by atoms with Crippen LogP contribution in [-0.2, 0) is 0 Å². The van der Waals surface area contributed by atoms with Crippen molar-refractivity contribution in [1.29, 1.82) is 21.0 Å². The second-order valence-corrected chi connectivity index (χ2v) is 30.4. The van der Waals surface area contributed by atoms with Gasteiger partial charge in [0.2, 0.25) is 5.69 Å². The number of pyridine rings is 2. The van der Waals surface area contributed by atoms with Gasteiger partial charge in [-0.3, -0.25) is 4.98 Å². The van der Waals surface area contributed by atoms with Gasteiger partial charge in [-0.2, -0.15) is 21.0 Å². The molecule has 572 valence electrons. The fraction of sp³-hybridized carbons (Fsp3) is 0. The largest absolute Gasteiger partial charge is 0.307 e. The van der Waals surface area contributed by atoms with E-state index in [0.717, 1.165) is 133 Å². The highest BCUT2D eigenvalue weighted by molar-refractivity contribution is 6.26. The fourth-order valence-electron chi connectivity index (χ4n) is 18.3. The second kappa shape index (κ2) is 30.8. The summed E-state index contributed by atoms with van der Waals surface area (Å²) in [5.41, 5.74) is 25.5. The van der Waals surface area contributed by atoms with E-state index in [2.05, 4.69) is 258 Å². The van der Waals surface area contributed by atoms with Crippen molar-refractivity contribution in [2.24, 2.45) is 0 Å². The molecule has 0 bridgehead atoms. The number of nitriles is 4. The molecule has 0 atom stereocenters. The highest BCUT2D eigenvalue weighted by atomic mass is 15.1. The van der Waals surface area contributed by atoms with E-state index in [4.69, 9.17) is 23.1 Å². The third-order valence-corrected chi connectivity index (χ3v) is 23.6. The van der Waals surface area contributed by atoms with Gasteiger partial charge in [0.1, 0.15) is 18.2 Å². The van der Waals surface area contributed by atoms with Crippen molar-refractivity contribution in [3.05, 3.63) is 433 Å². The number of hydrogen-bond acceptors (Lipinski definition) is 6. The summed E-state index contributed by atoms with van der Waals surface area (Å²) in [6.45, 7) is 16.7. The Kier molecular flexibility index (Phi) is 18.3. The Labute approximate surface area is 713 Å². The van der Waals surface area contributed by atoms with Crippen LogP contribution in [0.4, 0.5) is 11.4 Å². The highest BCUT2D eigenvalue weighted by Crippen LogP contribution is 2.50. The van der Waals surface area contributed by atoms with Crippen LogP contribution in [0.15, 0.2) is 388 Å². The lowest BCUT2D eigenvalue weighted by Crippen LogP contribution is -2.02. The van der Waals surface area contributed by atoms with Crippen molar-refractivity contribution >= 4 is 98.6 Å². The normalized spacial score (nSPS) is 11.2. The zero-order valence-corrected chi connectivity index (χ0v) is 66.3. The van der Waals surface area contributed by atoms with Gasteiger partial charge >= 0.3 is 0 Å². The van der Waals surface area contributed by atoms with E-state index in [9.17, 15) is 21.0 Å². The van der Waals surface area contributed by atoms with E-state index in [-0.39, 0.29) is 11.1 Å². The molecular formula is C112H64N12. The summed E-state index contributed by atoms with van der Waals surface area (Å²) in [6.07, 6.45) is 0. The van der Waals surface area contributed by atoms with Gasteiger partial charge in [0, 0.05) is 88.1 Å². The molecule has 12 heteroatoms. The number of rotatable bonds is 12. The quantitative estimate of drug-likeness (QED) is 0.111. The van der Waals surface area contributed by atoms with Crippen molar-refractivity contribution in [3.63, 3.8) is 0 Å². The van der Waals surface area contributed by atoms with E-state index < -0.39 is 0 Å². The lowest BCUT2D eigenvalue weighted by atomic mass is 9.89. The van der Waals surface area contributed by atoms with E-state index in [1.54, 1.807) is 0 Å². The zero-order chi connectivity index (χ0) is 83.5. The minimum Gasteiger partial charge on any atom is -0.307 e. The number of fused-ring (bicyclic) bond motifs is 14. The molecule has 6 aromatic heterocycles. The predicted molar refractivity (Wildman–Crippen MR) is 501 cm³/mol. The summed E-state index contributed by atoms with van der Waals surface area (Å²) in [7, 11) is 0. The Hall–Kier alpha value is -18.0. The first-order valence-electron chi connectivity index (χ1n) is 40.6. The topological polar surface area (TPSA) is 149 Å². The summed E-state index contributed by atoms with van der Waals surface area (Å²) < 4.78 is 9.47. The summed E-state index contributed by atoms with van der Waals surface area (Å²) in [5.74, 6) is 0. The molecule has 16 aromatic carbocycles. The van der Waals surface area contributed by atoms with Crippen LogP contribution in [-0.4, -0.2) is 28.2 Å². The van der Waals surface area contributed by atoms with Gasteiger partial charge in [-0.05, 0) is 136 Å². The maximum atomic E-state index is 10.8. The molecule has 0 spiro atoms. The average molecular weight is 1580 g/mol. The van der Waals surface area contributed by atoms with Crippen LogP contribution in [0.2, 0.25) is 0 Å². The molecule has 0 saturated heterocycles. The molecule has 0 radical (unpaired) electrons. The van der Waals surface area contributed by atoms with Crippen molar-refractivity contribution in [2.75, 3.05) is 0 Å². The molecule has 0 aliphatic carbocycles. The summed E-state index contributed by atoms with van der Waals surface area (Å²) in [4.78, 5) is 18.1. The zero-order valence-electron chi connectivity index (χ0n) is 66.3. The lowest BCUT2D eigenvalue weighted by Gasteiger charge is -2.17. The van der Waals surface area contributed by atoms with Gasteiger partial charge in [0.25, 0.3) is 0 Å². The van der Waals surface area contributed by atoms with Crippen molar-refractivity contribution in [1.82, 2.24) is 28.2 Å². The first kappa shape index (κ1) is 73.6. The van der Waals surface area contributed by atoms with Crippen LogP contribution in [0, 0.1) is 58.5 Å². The molecule has 22 aromatic rings. The van der Waals surface area contributed by atoms with Gasteiger partial charge in [-0.1, -0.05) is 297 Å². The molecule has 22 rings (SSSR count). The van der Waals surface area contributed by atoms with Gasteiger partial charge in [0.15, 0.2) is 5.69 Å². The van der Waals surface area contributed by atoms with Crippen molar-refractivity contribution < 1.29 is 0 Å². The molecule has 0 saturated carbocycles. The number of nitrogens with zero attached hydrogens (tertiary/aromatic N) is 12. The Bertz CT molecular complexity index is 8260. The molecule has 0 fully saturated rings. The van der Waals surface area contributed by atoms with Gasteiger partial charge in [-0.25, -0.2) is 14.7 Å². The Balaban J connectivity index is 0.000000152. The first-order valence-corrected chi connectivity index (χ1v) is 40.6. The van der Waals surface area contributed by atoms with E-state index in [1.165, 1.54) is 21.5 Å². The molecule has 0 aliphatic heterocycles. The average Bonchev–Trinajstić information content (AvgIpc) is 1.57. The number of hydrogen-bond donors (Lipinski definition) is 0. The Morgan fingerprint density at radius 1 is 0.234 bits per heavy atom. The number of para-hydroxylation sites is 6. The fourth-order valence-corrected chi connectivity index (χ4v) is 18.3. The summed E-state index contributed by atoms with van der Waals surface area (Å²) in [6, 6.07) is 140. The maximum absolute atomic E-state index is 10.8. The molecule has 12 nitrogen and oxygen atoms in total. The molecular weight excluding hydrogens is 1510 g/mol. The van der Waals surface area contributed by atoms with E-state index >= 15 is 0 Å². The maximum Gasteiger partial charge on any atom is 0.221 e. The van der Waals surface area contributed by atoms with Crippen LogP contribution in [0.25, 0.3) is 209 Å². The van der Waals surface area contributed by atoms with Crippen LogP contribution in [0.5, 0.6) is 0 Å². The van der Waals surface area contributed by atoms with Crippen molar-refractivity contribution in [2.45, 2.75) is 0 Å². The third-order valence-electron chi connectivity index (χ3n) is 23.6. The molecule has 6 heterocycles. The second-order valence-electron chi connectivity index (χ2n) is 30.4. The SMILES string of the molecule is [C-]#[N+]c1c(-c2ccccc2)nc(-c2ccc(-c3ccc4c(c3)c3ccc5c6ccccc6n(-c6ccccc6)c5c3n4-c3ccccc3)c(C#N)c2)c(C#N)c1-c1ccccc1.[C-]#[N+]c1cc(-c2nc(-c3ccccc3)c(C#N)c(-c3ccccc3)c2C#N)ccc1-c1ccc2c3ccc4c5ccccc5n(-c5ccccc5)c4c3n(-c3ccccc3)c2c1. The standard InChI is InChI=1S/2C56H32N6/c1-59-49-32-39(54-48(35-58)52(36-16-6-2-7-17-36)47(34-57)53(60-54)37-18-8-3-9-19-37)27-28-42(49)38-26-29-44-46-31-30-45-43-24-14-15-25-50(43)61(40-20-10-4-11-21-40)55(45)56(46)62(51(44)33-38)41-22-12-5-13-23-41;1-59-54-51(36-16-6-2-7-17-36)48(35-58)52(60-53(54)37-18-8-3-9-19-37)39-26-28-43(40(32-39)34-57)38-27-31-50-47(33-38)46-30-29-45-44-24-14-15-25-49(44)61(41-20-10-4-11-21-41)55(45)56(46)62(50)42-22-12-5-13-23-42/h2*2-33H. The van der Waals surface area contributed by atoms with E-state index in [1.807, 2.05) is 182 Å². The van der Waals surface area contributed by atoms with Crippen LogP contribution in [0.3, 0.4) is 0 Å². The number of benzene rings is 16. The lowest BCUT2D eigenvalue weighted by molar-refractivity contribution is 1.15. The van der Waals surface area contributed by atoms with Crippen LogP contribution < -0.4 is 0 Å². The van der Waals surface area contributed by atoms with Gasteiger partial charge in [0.05, 0.1) is 108 Å². The van der Waals surface area contributed by atoms with Gasteiger partial charge < -0.3 is 18.3 Å². The predicted octanol–water partition coefficient (Wildman–Crippen LogP) is 28.5. The minimum absolute atomic E-state index is 0.282. The monoisotopic (exact) mass is 1580 g/mol. The van der Waals surface area contributed by atoms with Crippen molar-refractivity contribution in [3.8, 4) is 137 Å². The smallest absolute Gasteiger partial charge is 0.221 e. The minimum atomic E-state index is 0.282. The molecule has 0 unspecified atom stereocenters. The summed E-state index contributed by atoms with van der Waals surface area (Å²) in [5, 5.41) is 52.0. The number of aromatic nitrogens is 6. The Morgan fingerprint density at radius 2 is 0.565 bits per heavy atom. The molecule has 0 amide bonds. The first-order chi connectivity index (χ1) is 61.3. The van der Waals surface area contributed by atoms with Crippen LogP contribution in [0.1, 0.15) is 22.3 Å². The molecule has 0 aliphatic rings. The Morgan fingerprint density at radius 3 is 1.02 bits per heavy atom.